The molecule has 1 unspecified atom stereocenters. The number of benzene rings is 1. The van der Waals surface area contributed by atoms with E-state index in [2.05, 4.69) is 10.6 Å². The van der Waals surface area contributed by atoms with Crippen LogP contribution in [0.5, 0.6) is 0 Å². The fraction of sp³-hybridized carbons (Fsp3) is 0.357. The second kappa shape index (κ2) is 6.33. The molecule has 1 aromatic carbocycles. The van der Waals surface area contributed by atoms with E-state index in [0.717, 1.165) is 12.8 Å². The molecule has 0 saturated carbocycles. The molecular weight excluding hydrogens is 247 g/mol. The van der Waals surface area contributed by atoms with Gasteiger partial charge in [0.2, 0.25) is 0 Å². The van der Waals surface area contributed by atoms with Gasteiger partial charge in [0.05, 0.1) is 6.10 Å². The Balaban J connectivity index is 1.74. The lowest BCUT2D eigenvalue weighted by Crippen LogP contribution is -2.42. The summed E-state index contributed by atoms with van der Waals surface area (Å²) >= 11 is 0. The van der Waals surface area contributed by atoms with Gasteiger partial charge in [-0.15, -0.1) is 0 Å². The van der Waals surface area contributed by atoms with Crippen LogP contribution in [0, 0.1) is 5.82 Å². The lowest BCUT2D eigenvalue weighted by Gasteiger charge is -2.15. The summed E-state index contributed by atoms with van der Waals surface area (Å²) in [6.45, 7) is 0.0949. The fourth-order valence-corrected chi connectivity index (χ4v) is 1.96. The van der Waals surface area contributed by atoms with Crippen LogP contribution >= 0.6 is 0 Å². The Labute approximate surface area is 111 Å². The number of hydrogen-bond donors (Lipinski definition) is 3. The lowest BCUT2D eigenvalue weighted by molar-refractivity contribution is 0.172. The first kappa shape index (κ1) is 13.5. The van der Waals surface area contributed by atoms with E-state index in [0.29, 0.717) is 5.56 Å². The molecule has 0 spiro atoms. The highest BCUT2D eigenvalue weighted by atomic mass is 19.1. The molecule has 1 aliphatic carbocycles. The zero-order chi connectivity index (χ0) is 13.7. The summed E-state index contributed by atoms with van der Waals surface area (Å²) in [6.07, 6.45) is 4.89. The molecule has 102 valence electrons. The Morgan fingerprint density at radius 3 is 2.58 bits per heavy atom. The van der Waals surface area contributed by atoms with Gasteiger partial charge in [0.1, 0.15) is 5.82 Å². The first-order valence-electron chi connectivity index (χ1n) is 6.28. The molecular formula is C14H17FN2O2. The van der Waals surface area contributed by atoms with Crippen molar-refractivity contribution in [3.8, 4) is 0 Å². The maximum absolute atomic E-state index is 12.7. The van der Waals surface area contributed by atoms with E-state index in [9.17, 15) is 14.3 Å². The van der Waals surface area contributed by atoms with Gasteiger partial charge >= 0.3 is 6.03 Å². The Kier molecular flexibility index (Phi) is 4.52. The van der Waals surface area contributed by atoms with Crippen LogP contribution in [0.25, 0.3) is 0 Å². The second-order valence-corrected chi connectivity index (χ2v) is 4.56. The Hall–Kier alpha value is -1.88. The number of carbonyl (C=O) groups excluding carboxylic acids is 1. The lowest BCUT2D eigenvalue weighted by atomic mass is 10.1. The summed E-state index contributed by atoms with van der Waals surface area (Å²) in [5, 5.41) is 15.3. The Bertz CT molecular complexity index is 451. The maximum Gasteiger partial charge on any atom is 0.315 e. The molecule has 0 heterocycles. The Morgan fingerprint density at radius 1 is 1.32 bits per heavy atom. The summed E-state index contributed by atoms with van der Waals surface area (Å²) in [6, 6.07) is 5.41. The van der Waals surface area contributed by atoms with Gasteiger partial charge in [-0.25, -0.2) is 9.18 Å². The first-order chi connectivity index (χ1) is 9.15. The third-order valence-electron chi connectivity index (χ3n) is 3.05. The average Bonchev–Trinajstić information content (AvgIpc) is 2.89. The second-order valence-electron chi connectivity index (χ2n) is 4.56. The van der Waals surface area contributed by atoms with Crippen LogP contribution in [-0.4, -0.2) is 23.7 Å². The zero-order valence-corrected chi connectivity index (χ0v) is 10.5. The molecule has 0 aliphatic heterocycles. The minimum absolute atomic E-state index is 0.0949. The van der Waals surface area contributed by atoms with Crippen molar-refractivity contribution in [1.29, 1.82) is 0 Å². The number of urea groups is 1. The normalized spacial score (nSPS) is 16.3. The van der Waals surface area contributed by atoms with Gasteiger partial charge in [0, 0.05) is 12.6 Å². The quantitative estimate of drug-likeness (QED) is 0.727. The van der Waals surface area contributed by atoms with Crippen molar-refractivity contribution in [2.24, 2.45) is 0 Å². The number of amides is 2. The van der Waals surface area contributed by atoms with E-state index in [1.807, 2.05) is 12.2 Å². The van der Waals surface area contributed by atoms with Gasteiger partial charge < -0.3 is 15.7 Å². The van der Waals surface area contributed by atoms with Gasteiger partial charge in [-0.2, -0.15) is 0 Å². The Morgan fingerprint density at radius 2 is 1.95 bits per heavy atom. The molecule has 0 aromatic heterocycles. The van der Waals surface area contributed by atoms with E-state index >= 15 is 0 Å². The SMILES string of the molecule is O=C(NCC(O)c1ccc(F)cc1)NC1CC=CC1. The summed E-state index contributed by atoms with van der Waals surface area (Å²) in [5.74, 6) is -0.351. The van der Waals surface area contributed by atoms with Gasteiger partial charge in [-0.05, 0) is 30.5 Å². The van der Waals surface area contributed by atoms with Crippen molar-refractivity contribution < 1.29 is 14.3 Å². The predicted molar refractivity (Wildman–Crippen MR) is 70.1 cm³/mol. The predicted octanol–water partition coefficient (Wildman–Crippen LogP) is 1.88. The standard InChI is InChI=1S/C14H17FN2O2/c15-11-7-5-10(6-8-11)13(18)9-16-14(19)17-12-3-1-2-4-12/h1-2,5-8,12-13,18H,3-4,9H2,(H2,16,17,19). The molecule has 0 bridgehead atoms. The molecule has 2 amide bonds. The minimum atomic E-state index is -0.840. The molecule has 1 aromatic rings. The molecule has 19 heavy (non-hydrogen) atoms. The topological polar surface area (TPSA) is 61.4 Å². The third-order valence-corrected chi connectivity index (χ3v) is 3.05. The van der Waals surface area contributed by atoms with Gasteiger partial charge in [-0.1, -0.05) is 24.3 Å². The highest BCUT2D eigenvalue weighted by Gasteiger charge is 2.14. The van der Waals surface area contributed by atoms with E-state index < -0.39 is 6.10 Å². The van der Waals surface area contributed by atoms with Crippen molar-refractivity contribution in [3.05, 3.63) is 47.8 Å². The largest absolute Gasteiger partial charge is 0.387 e. The van der Waals surface area contributed by atoms with Crippen LogP contribution < -0.4 is 10.6 Å². The number of nitrogens with one attached hydrogen (secondary N) is 2. The van der Waals surface area contributed by atoms with Crippen molar-refractivity contribution in [1.82, 2.24) is 10.6 Å². The molecule has 0 radical (unpaired) electrons. The highest BCUT2D eigenvalue weighted by molar-refractivity contribution is 5.74. The van der Waals surface area contributed by atoms with E-state index in [-0.39, 0.29) is 24.4 Å². The van der Waals surface area contributed by atoms with Gasteiger partial charge in [0.15, 0.2) is 0 Å². The van der Waals surface area contributed by atoms with Crippen LogP contribution in [0.2, 0.25) is 0 Å². The van der Waals surface area contributed by atoms with Crippen LogP contribution in [-0.2, 0) is 0 Å². The highest BCUT2D eigenvalue weighted by Crippen LogP contribution is 2.12. The fourth-order valence-electron chi connectivity index (χ4n) is 1.96. The maximum atomic E-state index is 12.7. The van der Waals surface area contributed by atoms with E-state index in [4.69, 9.17) is 0 Å². The molecule has 5 heteroatoms. The summed E-state index contributed by atoms with van der Waals surface area (Å²) in [5.41, 5.74) is 0.573. The summed E-state index contributed by atoms with van der Waals surface area (Å²) < 4.78 is 12.7. The number of rotatable bonds is 4. The average molecular weight is 264 g/mol. The van der Waals surface area contributed by atoms with Gasteiger partial charge in [0.25, 0.3) is 0 Å². The van der Waals surface area contributed by atoms with Crippen molar-refractivity contribution in [3.63, 3.8) is 0 Å². The number of aliphatic hydroxyl groups is 1. The van der Waals surface area contributed by atoms with E-state index in [1.165, 1.54) is 24.3 Å². The van der Waals surface area contributed by atoms with Gasteiger partial charge in [-0.3, -0.25) is 0 Å². The monoisotopic (exact) mass is 264 g/mol. The molecule has 2 rings (SSSR count). The van der Waals surface area contributed by atoms with Crippen LogP contribution in [0.4, 0.5) is 9.18 Å². The van der Waals surface area contributed by atoms with Crippen molar-refractivity contribution in [2.75, 3.05) is 6.54 Å². The van der Waals surface area contributed by atoms with E-state index in [1.54, 1.807) is 0 Å². The zero-order valence-electron chi connectivity index (χ0n) is 10.5. The molecule has 1 aliphatic rings. The molecule has 0 fully saturated rings. The van der Waals surface area contributed by atoms with Crippen LogP contribution in [0.1, 0.15) is 24.5 Å². The number of aliphatic hydroxyl groups excluding tert-OH is 1. The smallest absolute Gasteiger partial charge is 0.315 e. The third kappa shape index (κ3) is 4.06. The van der Waals surface area contributed by atoms with Crippen molar-refractivity contribution in [2.45, 2.75) is 25.0 Å². The molecule has 0 saturated heterocycles. The van der Waals surface area contributed by atoms with Crippen LogP contribution in [0.15, 0.2) is 36.4 Å². The summed E-state index contributed by atoms with van der Waals surface area (Å²) in [7, 11) is 0. The summed E-state index contributed by atoms with van der Waals surface area (Å²) in [4.78, 5) is 11.6. The first-order valence-corrected chi connectivity index (χ1v) is 6.28. The number of carbonyl (C=O) groups is 1. The molecule has 1 atom stereocenters. The van der Waals surface area contributed by atoms with Crippen molar-refractivity contribution >= 4 is 6.03 Å². The molecule has 3 N–H and O–H groups in total. The number of halogens is 1. The van der Waals surface area contributed by atoms with Crippen LogP contribution in [0.3, 0.4) is 0 Å². The number of hydrogen-bond acceptors (Lipinski definition) is 2. The minimum Gasteiger partial charge on any atom is -0.387 e. The molecule has 4 nitrogen and oxygen atoms in total.